The summed E-state index contributed by atoms with van der Waals surface area (Å²) in [6.07, 6.45) is 5.61. The number of carbonyl (C=O) groups is 1. The largest absolute Gasteiger partial charge is 0.352 e. The second-order valence-electron chi connectivity index (χ2n) is 7.46. The second-order valence-corrected chi connectivity index (χ2v) is 8.74. The van der Waals surface area contributed by atoms with Crippen molar-refractivity contribution in [2.24, 2.45) is 0 Å². The normalized spacial score (nSPS) is 14.6. The summed E-state index contributed by atoms with van der Waals surface area (Å²) in [5, 5.41) is 13.9. The van der Waals surface area contributed by atoms with Gasteiger partial charge >= 0.3 is 0 Å². The molecular formula is C22H21Cl3N4O. The molecule has 0 aliphatic heterocycles. The molecule has 5 nitrogen and oxygen atoms in total. The quantitative estimate of drug-likeness (QED) is 0.503. The number of carbonyl (C=O) groups excluding carboxylic acids is 1. The highest BCUT2D eigenvalue weighted by molar-refractivity contribution is 6.36. The lowest BCUT2D eigenvalue weighted by Crippen LogP contribution is -2.38. The average molecular weight is 464 g/mol. The molecule has 30 heavy (non-hydrogen) atoms. The minimum absolute atomic E-state index is 0.0439. The molecule has 156 valence electrons. The molecule has 1 aliphatic carbocycles. The Morgan fingerprint density at radius 2 is 1.60 bits per heavy atom. The molecule has 1 fully saturated rings. The summed E-state index contributed by atoms with van der Waals surface area (Å²) in [4.78, 5) is 14.0. The SMILES string of the molecule is O=C(Cn1nc(-c2ccc(Cl)cc2)c(-c2ccc(Cl)cc2Cl)n1)NC1CCCCC1. The molecule has 0 spiro atoms. The van der Waals surface area contributed by atoms with Crippen LogP contribution in [0.1, 0.15) is 32.1 Å². The maximum absolute atomic E-state index is 12.6. The Bertz CT molecular complexity index is 1040. The summed E-state index contributed by atoms with van der Waals surface area (Å²) in [6.45, 7) is 0.0439. The van der Waals surface area contributed by atoms with E-state index in [9.17, 15) is 4.79 Å². The van der Waals surface area contributed by atoms with Gasteiger partial charge in [0.25, 0.3) is 0 Å². The van der Waals surface area contributed by atoms with Gasteiger partial charge < -0.3 is 5.32 Å². The van der Waals surface area contributed by atoms with Gasteiger partial charge in [0.1, 0.15) is 17.9 Å². The number of nitrogens with zero attached hydrogens (tertiary/aromatic N) is 3. The number of rotatable bonds is 5. The van der Waals surface area contributed by atoms with Crippen LogP contribution in [0.25, 0.3) is 22.5 Å². The zero-order valence-electron chi connectivity index (χ0n) is 16.2. The van der Waals surface area contributed by atoms with Gasteiger partial charge in [0.05, 0.1) is 5.02 Å². The predicted octanol–water partition coefficient (Wildman–Crippen LogP) is 6.02. The van der Waals surface area contributed by atoms with Crippen molar-refractivity contribution in [3.05, 3.63) is 57.5 Å². The Balaban J connectivity index is 1.65. The van der Waals surface area contributed by atoms with E-state index in [1.54, 1.807) is 30.3 Å². The summed E-state index contributed by atoms with van der Waals surface area (Å²) in [7, 11) is 0. The lowest BCUT2D eigenvalue weighted by Gasteiger charge is -2.22. The van der Waals surface area contributed by atoms with Crippen molar-refractivity contribution >= 4 is 40.7 Å². The molecule has 0 atom stereocenters. The van der Waals surface area contributed by atoms with E-state index in [2.05, 4.69) is 15.5 Å². The topological polar surface area (TPSA) is 59.8 Å². The van der Waals surface area contributed by atoms with Gasteiger partial charge in [0, 0.05) is 27.2 Å². The van der Waals surface area contributed by atoms with E-state index in [0.717, 1.165) is 31.2 Å². The highest BCUT2D eigenvalue weighted by Gasteiger charge is 2.20. The first-order valence-electron chi connectivity index (χ1n) is 9.95. The average Bonchev–Trinajstić information content (AvgIpc) is 3.12. The smallest absolute Gasteiger partial charge is 0.243 e. The fraction of sp³-hybridized carbons (Fsp3) is 0.318. The molecule has 0 radical (unpaired) electrons. The minimum Gasteiger partial charge on any atom is -0.352 e. The Labute approximate surface area is 190 Å². The molecule has 1 saturated carbocycles. The molecule has 1 amide bonds. The number of aromatic nitrogens is 3. The Morgan fingerprint density at radius 1 is 0.933 bits per heavy atom. The van der Waals surface area contributed by atoms with Crippen LogP contribution in [0.4, 0.5) is 0 Å². The molecule has 8 heteroatoms. The summed E-state index contributed by atoms with van der Waals surface area (Å²) in [5.74, 6) is -0.0895. The zero-order chi connectivity index (χ0) is 21.1. The van der Waals surface area contributed by atoms with Gasteiger partial charge in [-0.3, -0.25) is 4.79 Å². The Morgan fingerprint density at radius 3 is 2.30 bits per heavy atom. The first-order chi connectivity index (χ1) is 14.5. The third-order valence-electron chi connectivity index (χ3n) is 5.21. The summed E-state index contributed by atoms with van der Waals surface area (Å²) >= 11 is 18.5. The van der Waals surface area contributed by atoms with Crippen molar-refractivity contribution in [3.63, 3.8) is 0 Å². The number of hydrogen-bond acceptors (Lipinski definition) is 3. The third kappa shape index (κ3) is 4.97. The van der Waals surface area contributed by atoms with Gasteiger partial charge in [-0.05, 0) is 43.2 Å². The molecule has 4 rings (SSSR count). The van der Waals surface area contributed by atoms with Crippen LogP contribution in [-0.2, 0) is 11.3 Å². The maximum atomic E-state index is 12.6. The van der Waals surface area contributed by atoms with E-state index in [4.69, 9.17) is 34.8 Å². The molecule has 3 aromatic rings. The van der Waals surface area contributed by atoms with E-state index >= 15 is 0 Å². The molecule has 0 saturated heterocycles. The highest BCUT2D eigenvalue weighted by atomic mass is 35.5. The fourth-order valence-electron chi connectivity index (χ4n) is 3.73. The van der Waals surface area contributed by atoms with Gasteiger partial charge in [-0.1, -0.05) is 66.2 Å². The summed E-state index contributed by atoms with van der Waals surface area (Å²) < 4.78 is 0. The summed E-state index contributed by atoms with van der Waals surface area (Å²) in [5.41, 5.74) is 2.75. The van der Waals surface area contributed by atoms with Crippen molar-refractivity contribution < 1.29 is 4.79 Å². The van der Waals surface area contributed by atoms with E-state index in [-0.39, 0.29) is 18.5 Å². The van der Waals surface area contributed by atoms with Crippen LogP contribution in [0.3, 0.4) is 0 Å². The predicted molar refractivity (Wildman–Crippen MR) is 121 cm³/mol. The van der Waals surface area contributed by atoms with Crippen LogP contribution in [0.15, 0.2) is 42.5 Å². The number of hydrogen-bond donors (Lipinski definition) is 1. The van der Waals surface area contributed by atoms with E-state index in [0.29, 0.717) is 32.0 Å². The van der Waals surface area contributed by atoms with Crippen LogP contribution in [0.5, 0.6) is 0 Å². The first-order valence-corrected chi connectivity index (χ1v) is 11.1. The molecule has 1 aromatic heterocycles. The van der Waals surface area contributed by atoms with Crippen molar-refractivity contribution in [2.45, 2.75) is 44.7 Å². The van der Waals surface area contributed by atoms with Crippen molar-refractivity contribution in [1.82, 2.24) is 20.3 Å². The monoisotopic (exact) mass is 462 g/mol. The first kappa shape index (κ1) is 21.2. The Kier molecular flexibility index (Phi) is 6.61. The van der Waals surface area contributed by atoms with E-state index in [1.807, 2.05) is 12.1 Å². The van der Waals surface area contributed by atoms with Crippen LogP contribution >= 0.6 is 34.8 Å². The van der Waals surface area contributed by atoms with Crippen LogP contribution in [0, 0.1) is 0 Å². The standard InChI is InChI=1S/C22H21Cl3N4O/c23-15-8-6-14(7-9-15)21-22(18-11-10-16(24)12-19(18)25)28-29(27-21)13-20(30)26-17-4-2-1-3-5-17/h6-12,17H,1-5,13H2,(H,26,30). The molecule has 1 heterocycles. The second kappa shape index (κ2) is 9.38. The minimum atomic E-state index is -0.0895. The third-order valence-corrected chi connectivity index (χ3v) is 6.01. The molecule has 0 unspecified atom stereocenters. The van der Waals surface area contributed by atoms with Gasteiger partial charge in [-0.2, -0.15) is 15.0 Å². The van der Waals surface area contributed by atoms with Crippen molar-refractivity contribution in [2.75, 3.05) is 0 Å². The van der Waals surface area contributed by atoms with Crippen LogP contribution in [-0.4, -0.2) is 26.9 Å². The molecule has 1 N–H and O–H groups in total. The van der Waals surface area contributed by atoms with E-state index < -0.39 is 0 Å². The van der Waals surface area contributed by atoms with E-state index in [1.165, 1.54) is 11.2 Å². The van der Waals surface area contributed by atoms with Crippen LogP contribution in [0.2, 0.25) is 15.1 Å². The van der Waals surface area contributed by atoms with Gasteiger partial charge in [-0.15, -0.1) is 0 Å². The maximum Gasteiger partial charge on any atom is 0.243 e. The van der Waals surface area contributed by atoms with Crippen molar-refractivity contribution in [1.29, 1.82) is 0 Å². The molecule has 1 aliphatic rings. The number of benzene rings is 2. The lowest BCUT2D eigenvalue weighted by atomic mass is 9.95. The Hall–Kier alpha value is -2.08. The summed E-state index contributed by atoms with van der Waals surface area (Å²) in [6, 6.07) is 12.8. The van der Waals surface area contributed by atoms with Gasteiger partial charge in [-0.25, -0.2) is 0 Å². The van der Waals surface area contributed by atoms with Crippen molar-refractivity contribution in [3.8, 4) is 22.5 Å². The molecule has 2 aromatic carbocycles. The zero-order valence-corrected chi connectivity index (χ0v) is 18.5. The lowest BCUT2D eigenvalue weighted by molar-refractivity contribution is -0.123. The number of nitrogens with one attached hydrogen (secondary N) is 1. The molecular weight excluding hydrogens is 443 g/mol. The fourth-order valence-corrected chi connectivity index (χ4v) is 4.36. The number of amides is 1. The van der Waals surface area contributed by atoms with Gasteiger partial charge in [0.15, 0.2) is 0 Å². The highest BCUT2D eigenvalue weighted by Crippen LogP contribution is 2.35. The molecule has 0 bridgehead atoms. The van der Waals surface area contributed by atoms with Crippen LogP contribution < -0.4 is 5.32 Å². The van der Waals surface area contributed by atoms with Gasteiger partial charge in [0.2, 0.25) is 5.91 Å². The number of halogens is 3.